The van der Waals surface area contributed by atoms with Crippen LogP contribution in [0, 0.1) is 0 Å². The van der Waals surface area contributed by atoms with Gasteiger partial charge in [-0.3, -0.25) is 9.88 Å². The minimum atomic E-state index is -5.08. The number of nitrogens with one attached hydrogen (secondary N) is 1. The zero-order chi connectivity index (χ0) is 30.5. The van der Waals surface area contributed by atoms with Crippen molar-refractivity contribution in [2.75, 3.05) is 56.5 Å². The van der Waals surface area contributed by atoms with Crippen LogP contribution in [0.5, 0.6) is 0 Å². The zero-order valence-electron chi connectivity index (χ0n) is 22.9. The third-order valence-corrected chi connectivity index (χ3v) is 8.06. The van der Waals surface area contributed by atoms with Gasteiger partial charge in [-0.25, -0.2) is 13.6 Å². The second-order valence-electron chi connectivity index (χ2n) is 10.8. The summed E-state index contributed by atoms with van der Waals surface area (Å²) in [4.78, 5) is 18.9. The summed E-state index contributed by atoms with van der Waals surface area (Å²) >= 11 is 6.09. The first-order chi connectivity index (χ1) is 19.8. The number of hydrogen-bond acceptors (Lipinski definition) is 8. The van der Waals surface area contributed by atoms with Crippen LogP contribution in [0.1, 0.15) is 31.2 Å². The topological polar surface area (TPSA) is 124 Å². The van der Waals surface area contributed by atoms with Gasteiger partial charge in [0.2, 0.25) is 11.9 Å². The summed E-state index contributed by atoms with van der Waals surface area (Å²) in [7, 11) is 0. The lowest BCUT2D eigenvalue weighted by Gasteiger charge is -2.47. The highest BCUT2D eigenvalue weighted by Crippen LogP contribution is 2.30. The number of carboxylic acid groups (broad SMARTS) is 1. The van der Waals surface area contributed by atoms with Crippen LogP contribution in [0.15, 0.2) is 24.3 Å². The van der Waals surface area contributed by atoms with Crippen molar-refractivity contribution in [2.45, 2.75) is 62.4 Å². The molecular formula is C26H35ClF5N7O3. The summed E-state index contributed by atoms with van der Waals surface area (Å²) in [5.41, 5.74) is 6.94. The Hall–Kier alpha value is -2.75. The van der Waals surface area contributed by atoms with Crippen molar-refractivity contribution in [3.8, 4) is 0 Å². The van der Waals surface area contributed by atoms with Crippen molar-refractivity contribution in [2.24, 2.45) is 0 Å². The molecule has 0 radical (unpaired) electrons. The number of aromatic amines is 1. The van der Waals surface area contributed by atoms with Gasteiger partial charge in [-0.1, -0.05) is 23.7 Å². The molecule has 16 heteroatoms. The molecule has 5 rings (SSSR count). The molecule has 1 aromatic carbocycles. The maximum Gasteiger partial charge on any atom is 0.490 e. The molecule has 10 nitrogen and oxygen atoms in total. The Bertz CT molecular complexity index is 1150. The minimum absolute atomic E-state index is 0.0234. The van der Waals surface area contributed by atoms with E-state index in [2.05, 4.69) is 42.0 Å². The predicted molar refractivity (Wildman–Crippen MR) is 146 cm³/mol. The SMILES string of the molecule is Nc1nnc(N2CCC(N3C[C@H](CN4CCC(F)(F)CC4)OC[C@@H]3Cc3ccc(Cl)cc3)CC2)[nH]1.O=C(O)C(F)(F)F. The van der Waals surface area contributed by atoms with Crippen LogP contribution in [-0.2, 0) is 16.0 Å². The van der Waals surface area contributed by atoms with Gasteiger partial charge < -0.3 is 25.4 Å². The molecule has 3 saturated heterocycles. The Balaban J connectivity index is 0.000000517. The number of likely N-dealkylation sites (tertiary alicyclic amines) is 1. The van der Waals surface area contributed by atoms with Crippen molar-refractivity contribution >= 4 is 29.5 Å². The maximum absolute atomic E-state index is 13.6. The van der Waals surface area contributed by atoms with Gasteiger partial charge >= 0.3 is 12.1 Å². The number of H-pyrrole nitrogens is 1. The summed E-state index contributed by atoms with van der Waals surface area (Å²) in [6, 6.07) is 8.70. The lowest BCUT2D eigenvalue weighted by Crippen LogP contribution is -2.59. The first kappa shape index (κ1) is 32.2. The molecule has 0 unspecified atom stereocenters. The number of halogens is 6. The number of ether oxygens (including phenoxy) is 1. The summed E-state index contributed by atoms with van der Waals surface area (Å²) in [6.45, 7) is 4.75. The maximum atomic E-state index is 13.6. The molecule has 2 aromatic rings. The van der Waals surface area contributed by atoms with Crippen LogP contribution in [-0.4, -0.2) is 112 Å². The van der Waals surface area contributed by atoms with Crippen LogP contribution >= 0.6 is 11.6 Å². The molecule has 3 aliphatic heterocycles. The van der Waals surface area contributed by atoms with Crippen LogP contribution < -0.4 is 10.6 Å². The number of nitrogens with zero attached hydrogens (tertiary/aromatic N) is 5. The summed E-state index contributed by atoms with van der Waals surface area (Å²) in [5, 5.41) is 15.9. The van der Waals surface area contributed by atoms with Gasteiger partial charge in [0.05, 0.1) is 12.7 Å². The number of benzene rings is 1. The van der Waals surface area contributed by atoms with E-state index in [1.165, 1.54) is 5.56 Å². The van der Waals surface area contributed by atoms with E-state index >= 15 is 0 Å². The first-order valence-electron chi connectivity index (χ1n) is 13.7. The zero-order valence-corrected chi connectivity index (χ0v) is 23.6. The molecular weight excluding hydrogens is 589 g/mol. The molecule has 2 atom stereocenters. The monoisotopic (exact) mass is 623 g/mol. The van der Waals surface area contributed by atoms with Crippen molar-refractivity contribution < 1.29 is 36.6 Å². The fourth-order valence-electron chi connectivity index (χ4n) is 5.57. The van der Waals surface area contributed by atoms with Crippen LogP contribution in [0.3, 0.4) is 0 Å². The van der Waals surface area contributed by atoms with Crippen molar-refractivity contribution in [3.63, 3.8) is 0 Å². The molecule has 0 saturated carbocycles. The number of carboxylic acids is 1. The molecule has 4 heterocycles. The Kier molecular flexibility index (Phi) is 10.5. The minimum Gasteiger partial charge on any atom is -0.475 e. The van der Waals surface area contributed by atoms with E-state index in [-0.39, 0.29) is 25.0 Å². The second-order valence-corrected chi connectivity index (χ2v) is 11.3. The lowest BCUT2D eigenvalue weighted by atomic mass is 9.96. The average molecular weight is 624 g/mol. The van der Waals surface area contributed by atoms with Gasteiger partial charge in [-0.15, -0.1) is 10.2 Å². The van der Waals surface area contributed by atoms with Gasteiger partial charge in [0.25, 0.3) is 5.92 Å². The van der Waals surface area contributed by atoms with E-state index in [1.807, 2.05) is 12.1 Å². The Morgan fingerprint density at radius 3 is 2.29 bits per heavy atom. The average Bonchev–Trinajstić information content (AvgIpc) is 3.38. The fraction of sp³-hybridized carbons (Fsp3) is 0.654. The number of alkyl halides is 5. The largest absolute Gasteiger partial charge is 0.490 e. The normalized spacial score (nSPS) is 24.2. The number of anilines is 2. The van der Waals surface area contributed by atoms with Gasteiger partial charge in [-0.05, 0) is 37.0 Å². The Morgan fingerprint density at radius 2 is 1.74 bits per heavy atom. The van der Waals surface area contributed by atoms with Crippen LogP contribution in [0.25, 0.3) is 0 Å². The van der Waals surface area contributed by atoms with Gasteiger partial charge in [0.15, 0.2) is 0 Å². The standard InChI is InChI=1S/C24H34ClF2N7O.C2HF3O2/c25-18-3-1-17(2-4-18)13-20-16-35-21(14-32-11-7-24(26,27)8-12-32)15-34(20)19-5-9-33(10-6-19)23-29-22(28)30-31-23;3-2(4,5)1(6)7/h1-4,19-21H,5-16H2,(H3,28,29,30,31);(H,6,7)/t20-,21-;/m0./s1. The molecule has 4 N–H and O–H groups in total. The lowest BCUT2D eigenvalue weighted by molar-refractivity contribution is -0.192. The fourth-order valence-corrected chi connectivity index (χ4v) is 5.70. The number of hydrogen-bond donors (Lipinski definition) is 3. The van der Waals surface area contributed by atoms with Crippen LogP contribution in [0.4, 0.5) is 33.8 Å². The highest BCUT2D eigenvalue weighted by Gasteiger charge is 2.39. The van der Waals surface area contributed by atoms with Crippen molar-refractivity contribution in [3.05, 3.63) is 34.9 Å². The molecule has 0 aliphatic carbocycles. The number of morpholine rings is 1. The molecule has 0 spiro atoms. The molecule has 3 aliphatic rings. The highest BCUT2D eigenvalue weighted by atomic mass is 35.5. The molecule has 42 heavy (non-hydrogen) atoms. The van der Waals surface area contributed by atoms with E-state index in [0.717, 1.165) is 49.9 Å². The smallest absolute Gasteiger partial charge is 0.475 e. The molecule has 234 valence electrons. The van der Waals surface area contributed by atoms with Gasteiger partial charge in [-0.2, -0.15) is 13.2 Å². The van der Waals surface area contributed by atoms with Crippen molar-refractivity contribution in [1.29, 1.82) is 0 Å². The van der Waals surface area contributed by atoms with E-state index in [4.69, 9.17) is 32.0 Å². The molecule has 0 amide bonds. The number of piperidine rings is 2. The van der Waals surface area contributed by atoms with E-state index < -0.39 is 18.1 Å². The van der Waals surface area contributed by atoms with Crippen molar-refractivity contribution in [1.82, 2.24) is 25.0 Å². The second kappa shape index (κ2) is 13.7. The number of nitrogens with two attached hydrogens (primary N) is 1. The van der Waals surface area contributed by atoms with Gasteiger partial charge in [0, 0.05) is 69.2 Å². The Labute approximate surface area is 244 Å². The van der Waals surface area contributed by atoms with E-state index in [0.29, 0.717) is 38.2 Å². The number of aliphatic carboxylic acids is 1. The molecule has 3 fully saturated rings. The quantitative estimate of drug-likeness (QED) is 0.414. The summed E-state index contributed by atoms with van der Waals surface area (Å²) < 4.78 is 65.3. The third kappa shape index (κ3) is 9.12. The summed E-state index contributed by atoms with van der Waals surface area (Å²) in [6.07, 6.45) is -2.30. The van der Waals surface area contributed by atoms with E-state index in [9.17, 15) is 22.0 Å². The first-order valence-corrected chi connectivity index (χ1v) is 14.1. The third-order valence-electron chi connectivity index (χ3n) is 7.81. The molecule has 0 bridgehead atoms. The summed E-state index contributed by atoms with van der Waals surface area (Å²) in [5.74, 6) is -4.23. The number of carbonyl (C=O) groups is 1. The van der Waals surface area contributed by atoms with Crippen LogP contribution in [0.2, 0.25) is 5.02 Å². The highest BCUT2D eigenvalue weighted by molar-refractivity contribution is 6.30. The number of nitrogen functional groups attached to an aromatic ring is 1. The Morgan fingerprint density at radius 1 is 1.12 bits per heavy atom. The van der Waals surface area contributed by atoms with Gasteiger partial charge in [0.1, 0.15) is 0 Å². The number of aromatic nitrogens is 3. The predicted octanol–water partition coefficient (Wildman–Crippen LogP) is 3.69. The molecule has 1 aromatic heterocycles. The number of rotatable bonds is 6. The van der Waals surface area contributed by atoms with E-state index in [1.54, 1.807) is 0 Å².